The van der Waals surface area contributed by atoms with E-state index in [1.807, 2.05) is 28.8 Å². The first-order valence-electron chi connectivity index (χ1n) is 9.20. The van der Waals surface area contributed by atoms with Gasteiger partial charge in [-0.15, -0.1) is 11.3 Å². The van der Waals surface area contributed by atoms with E-state index in [-0.39, 0.29) is 5.82 Å². The fourth-order valence-electron chi connectivity index (χ4n) is 3.15. The van der Waals surface area contributed by atoms with Crippen molar-refractivity contribution in [3.63, 3.8) is 0 Å². The molecule has 0 spiro atoms. The number of fused-ring (bicyclic) bond motifs is 1. The molecule has 0 aliphatic heterocycles. The van der Waals surface area contributed by atoms with Crippen LogP contribution >= 0.6 is 11.3 Å². The van der Waals surface area contributed by atoms with E-state index >= 15 is 0 Å². The zero-order valence-corrected chi connectivity index (χ0v) is 17.2. The number of nitrogens with zero attached hydrogens (tertiary/aromatic N) is 8. The predicted octanol–water partition coefficient (Wildman–Crippen LogP) is 4.23. The fraction of sp³-hybridized carbons (Fsp3) is 0.158. The van der Waals surface area contributed by atoms with Crippen LogP contribution in [0.1, 0.15) is 10.8 Å². The lowest BCUT2D eigenvalue weighted by atomic mass is 10.3. The van der Waals surface area contributed by atoms with Crippen LogP contribution in [0.4, 0.5) is 24.8 Å². The minimum Gasteiger partial charge on any atom is -0.335 e. The second-order valence-electron chi connectivity index (χ2n) is 6.70. The molecule has 0 fully saturated rings. The largest absolute Gasteiger partial charge is 0.471 e. The zero-order chi connectivity index (χ0) is 22.3. The van der Waals surface area contributed by atoms with Crippen molar-refractivity contribution in [3.8, 4) is 10.7 Å². The molecular weight excluding hydrogens is 445 g/mol. The van der Waals surface area contributed by atoms with Crippen molar-refractivity contribution in [3.05, 3.63) is 60.1 Å². The third-order valence-electron chi connectivity index (χ3n) is 4.59. The van der Waals surface area contributed by atoms with Crippen molar-refractivity contribution in [2.75, 3.05) is 4.90 Å². The standard InChI is InChI=1S/C19H13F3N8OS/c1-29-7-4-12-16(29)25-10-26-17(12)30(14-8-23-5-6-24-14)9-11-2-3-13(32-11)15-27-18(31-28-15)19(20,21)22/h2-8,10H,9H2,1H3. The first-order chi connectivity index (χ1) is 15.4. The van der Waals surface area contributed by atoms with Gasteiger partial charge in [0, 0.05) is 30.5 Å². The van der Waals surface area contributed by atoms with E-state index in [1.165, 1.54) is 17.7 Å². The van der Waals surface area contributed by atoms with Gasteiger partial charge in [-0.3, -0.25) is 4.98 Å². The quantitative estimate of drug-likeness (QED) is 0.386. The van der Waals surface area contributed by atoms with E-state index < -0.39 is 12.1 Å². The number of hydrogen-bond donors (Lipinski definition) is 0. The third kappa shape index (κ3) is 3.66. The molecule has 5 heterocycles. The minimum absolute atomic E-state index is 0.118. The molecule has 5 aromatic heterocycles. The summed E-state index contributed by atoms with van der Waals surface area (Å²) in [4.78, 5) is 23.9. The topological polar surface area (TPSA) is 98.7 Å². The highest BCUT2D eigenvalue weighted by Crippen LogP contribution is 2.34. The molecule has 0 unspecified atom stereocenters. The molecule has 162 valence electrons. The van der Waals surface area contributed by atoms with Gasteiger partial charge in [0.1, 0.15) is 17.8 Å². The van der Waals surface area contributed by atoms with Gasteiger partial charge in [0.25, 0.3) is 0 Å². The van der Waals surface area contributed by atoms with Gasteiger partial charge < -0.3 is 14.0 Å². The molecule has 0 saturated heterocycles. The van der Waals surface area contributed by atoms with Gasteiger partial charge in [-0.05, 0) is 18.2 Å². The Bertz CT molecular complexity index is 1380. The Hall–Kier alpha value is -3.87. The fourth-order valence-corrected chi connectivity index (χ4v) is 4.07. The molecule has 0 amide bonds. The molecule has 13 heteroatoms. The first kappa shape index (κ1) is 20.1. The Labute approximate surface area is 182 Å². The van der Waals surface area contributed by atoms with Gasteiger partial charge >= 0.3 is 12.1 Å². The second-order valence-corrected chi connectivity index (χ2v) is 7.87. The summed E-state index contributed by atoms with van der Waals surface area (Å²) in [5.41, 5.74) is 0.752. The van der Waals surface area contributed by atoms with Crippen LogP contribution in [0, 0.1) is 0 Å². The predicted molar refractivity (Wildman–Crippen MR) is 109 cm³/mol. The van der Waals surface area contributed by atoms with Crippen LogP contribution in [0.15, 0.2) is 53.8 Å². The lowest BCUT2D eigenvalue weighted by Crippen LogP contribution is -2.19. The molecule has 0 aromatic carbocycles. The van der Waals surface area contributed by atoms with E-state index in [0.29, 0.717) is 23.1 Å². The van der Waals surface area contributed by atoms with Crippen LogP contribution in [-0.2, 0) is 19.8 Å². The second kappa shape index (κ2) is 7.67. The van der Waals surface area contributed by atoms with E-state index in [0.717, 1.165) is 15.9 Å². The summed E-state index contributed by atoms with van der Waals surface area (Å²) < 4.78 is 44.5. The normalized spacial score (nSPS) is 11.9. The van der Waals surface area contributed by atoms with Crippen LogP contribution in [-0.4, -0.2) is 34.6 Å². The number of aryl methyl sites for hydroxylation is 1. The van der Waals surface area contributed by atoms with Crippen molar-refractivity contribution in [2.24, 2.45) is 7.05 Å². The van der Waals surface area contributed by atoms with E-state index in [2.05, 4.69) is 34.6 Å². The van der Waals surface area contributed by atoms with Gasteiger partial charge in [-0.1, -0.05) is 5.16 Å². The molecule has 0 saturated carbocycles. The van der Waals surface area contributed by atoms with Crippen LogP contribution in [0.3, 0.4) is 0 Å². The molecule has 5 aromatic rings. The Morgan fingerprint density at radius 1 is 1.12 bits per heavy atom. The monoisotopic (exact) mass is 458 g/mol. The van der Waals surface area contributed by atoms with Crippen LogP contribution in [0.5, 0.6) is 0 Å². The van der Waals surface area contributed by atoms with Crippen molar-refractivity contribution < 1.29 is 17.7 Å². The maximum absolute atomic E-state index is 12.8. The zero-order valence-electron chi connectivity index (χ0n) is 16.4. The van der Waals surface area contributed by atoms with Crippen LogP contribution in [0.25, 0.3) is 21.7 Å². The summed E-state index contributed by atoms with van der Waals surface area (Å²) >= 11 is 1.25. The van der Waals surface area contributed by atoms with Gasteiger partial charge in [-0.2, -0.15) is 18.2 Å². The highest BCUT2D eigenvalue weighted by molar-refractivity contribution is 7.15. The summed E-state index contributed by atoms with van der Waals surface area (Å²) in [6, 6.07) is 5.35. The lowest BCUT2D eigenvalue weighted by molar-refractivity contribution is -0.159. The molecular formula is C19H13F3N8OS. The first-order valence-corrected chi connectivity index (χ1v) is 10.0. The highest BCUT2D eigenvalue weighted by atomic mass is 32.1. The summed E-state index contributed by atoms with van der Waals surface area (Å²) in [7, 11) is 1.89. The maximum Gasteiger partial charge on any atom is 0.471 e. The number of alkyl halides is 3. The average Bonchev–Trinajstić information content (AvgIpc) is 3.52. The van der Waals surface area contributed by atoms with Gasteiger partial charge in [0.05, 0.1) is 23.0 Å². The number of hydrogen-bond acceptors (Lipinski definition) is 9. The maximum atomic E-state index is 12.8. The van der Waals surface area contributed by atoms with E-state index in [4.69, 9.17) is 0 Å². The van der Waals surface area contributed by atoms with Gasteiger partial charge in [0.2, 0.25) is 5.82 Å². The van der Waals surface area contributed by atoms with E-state index in [1.54, 1.807) is 30.7 Å². The number of anilines is 2. The number of halogens is 3. The lowest BCUT2D eigenvalue weighted by Gasteiger charge is -2.22. The summed E-state index contributed by atoms with van der Waals surface area (Å²) in [5.74, 6) is -0.307. The van der Waals surface area contributed by atoms with Crippen LogP contribution < -0.4 is 4.90 Å². The Morgan fingerprint density at radius 2 is 2.00 bits per heavy atom. The molecule has 0 aliphatic rings. The third-order valence-corrected chi connectivity index (χ3v) is 5.65. The van der Waals surface area contributed by atoms with Gasteiger partial charge in [0.15, 0.2) is 5.82 Å². The van der Waals surface area contributed by atoms with Crippen molar-refractivity contribution in [2.45, 2.75) is 12.7 Å². The molecule has 0 atom stereocenters. The molecule has 0 N–H and O–H groups in total. The van der Waals surface area contributed by atoms with Gasteiger partial charge in [-0.25, -0.2) is 15.0 Å². The minimum atomic E-state index is -4.69. The number of aromatic nitrogens is 7. The Kier molecular flexibility index (Phi) is 4.81. The summed E-state index contributed by atoms with van der Waals surface area (Å²) in [6.45, 7) is 0.342. The molecule has 0 bridgehead atoms. The molecule has 0 radical (unpaired) electrons. The van der Waals surface area contributed by atoms with Crippen molar-refractivity contribution in [1.29, 1.82) is 0 Å². The molecule has 32 heavy (non-hydrogen) atoms. The number of thiophene rings is 1. The summed E-state index contributed by atoms with van der Waals surface area (Å²) in [5, 5.41) is 4.27. The highest BCUT2D eigenvalue weighted by Gasteiger charge is 2.38. The average molecular weight is 458 g/mol. The SMILES string of the molecule is Cn1ccc2c(N(Cc3ccc(-c4noc(C(F)(F)F)n4)s3)c3cnccn3)ncnc21. The molecule has 5 rings (SSSR count). The van der Waals surface area contributed by atoms with E-state index in [9.17, 15) is 13.2 Å². The van der Waals surface area contributed by atoms with Crippen molar-refractivity contribution >= 4 is 34.0 Å². The molecule has 9 nitrogen and oxygen atoms in total. The smallest absolute Gasteiger partial charge is 0.335 e. The Balaban J connectivity index is 1.51. The summed E-state index contributed by atoms with van der Waals surface area (Å²) in [6.07, 6.45) is 3.41. The van der Waals surface area contributed by atoms with Crippen LogP contribution in [0.2, 0.25) is 0 Å². The van der Waals surface area contributed by atoms with Crippen molar-refractivity contribution in [1.82, 2.24) is 34.6 Å². The number of rotatable bonds is 5. The Morgan fingerprint density at radius 3 is 2.75 bits per heavy atom. The molecule has 0 aliphatic carbocycles.